The molecular weight excluding hydrogens is 274 g/mol. The number of nitrogens with zero attached hydrogens (tertiary/aromatic N) is 1. The summed E-state index contributed by atoms with van der Waals surface area (Å²) in [4.78, 5) is 16.7. The minimum atomic E-state index is -0.697. The summed E-state index contributed by atoms with van der Waals surface area (Å²) in [6.45, 7) is 7.68. The van der Waals surface area contributed by atoms with Crippen LogP contribution < -0.4 is 10.6 Å². The van der Waals surface area contributed by atoms with Crippen molar-refractivity contribution in [2.24, 2.45) is 0 Å². The third-order valence-corrected chi connectivity index (χ3v) is 4.36. The van der Waals surface area contributed by atoms with Crippen LogP contribution in [0.4, 0.5) is 5.13 Å². The summed E-state index contributed by atoms with van der Waals surface area (Å²) in [5, 5.41) is 8.89. The maximum Gasteiger partial charge on any atom is 0.258 e. The third-order valence-electron chi connectivity index (χ3n) is 3.59. The first-order chi connectivity index (χ1) is 9.55. The van der Waals surface area contributed by atoms with Crippen LogP contribution in [0.1, 0.15) is 51.8 Å². The number of thiazole rings is 1. The number of hydrogen-bond donors (Lipinski definition) is 2. The molecule has 112 valence electrons. The normalized spacial score (nSPS) is 23.8. The van der Waals surface area contributed by atoms with E-state index in [2.05, 4.69) is 29.5 Å². The highest BCUT2D eigenvalue weighted by Gasteiger charge is 2.38. The Morgan fingerprint density at radius 2 is 2.45 bits per heavy atom. The maximum atomic E-state index is 12.2. The van der Waals surface area contributed by atoms with Crippen molar-refractivity contribution >= 4 is 22.4 Å². The SMILES string of the molecule is CCCNC(C)c1csc(NC(=O)C2(C)CCCO2)n1. The molecule has 1 aliphatic heterocycles. The van der Waals surface area contributed by atoms with Gasteiger partial charge in [0.25, 0.3) is 5.91 Å². The van der Waals surface area contributed by atoms with Crippen LogP contribution in [-0.2, 0) is 9.53 Å². The number of anilines is 1. The Bertz CT molecular complexity index is 455. The highest BCUT2D eigenvalue weighted by atomic mass is 32.1. The molecule has 0 bridgehead atoms. The fourth-order valence-electron chi connectivity index (χ4n) is 2.20. The molecule has 1 aromatic rings. The first kappa shape index (κ1) is 15.4. The summed E-state index contributed by atoms with van der Waals surface area (Å²) in [6, 6.07) is 0.204. The number of aromatic nitrogens is 1. The van der Waals surface area contributed by atoms with Crippen molar-refractivity contribution in [2.75, 3.05) is 18.5 Å². The first-order valence-corrected chi connectivity index (χ1v) is 8.07. The number of amides is 1. The van der Waals surface area contributed by atoms with Crippen molar-refractivity contribution in [2.45, 2.75) is 51.7 Å². The molecular formula is C14H23N3O2S. The van der Waals surface area contributed by atoms with E-state index >= 15 is 0 Å². The molecule has 1 amide bonds. The zero-order chi connectivity index (χ0) is 14.6. The van der Waals surface area contributed by atoms with Crippen molar-refractivity contribution in [3.05, 3.63) is 11.1 Å². The van der Waals surface area contributed by atoms with Gasteiger partial charge in [0.15, 0.2) is 5.13 Å². The third kappa shape index (κ3) is 3.56. The van der Waals surface area contributed by atoms with Crippen LogP contribution in [0.15, 0.2) is 5.38 Å². The van der Waals surface area contributed by atoms with Crippen LogP contribution in [0, 0.1) is 0 Å². The molecule has 2 heterocycles. The van der Waals surface area contributed by atoms with Crippen LogP contribution in [0.25, 0.3) is 0 Å². The molecule has 2 unspecified atom stereocenters. The van der Waals surface area contributed by atoms with E-state index in [0.29, 0.717) is 11.7 Å². The van der Waals surface area contributed by atoms with E-state index in [1.165, 1.54) is 11.3 Å². The molecule has 2 atom stereocenters. The van der Waals surface area contributed by atoms with Crippen LogP contribution in [-0.4, -0.2) is 29.6 Å². The minimum Gasteiger partial charge on any atom is -0.365 e. The summed E-state index contributed by atoms with van der Waals surface area (Å²) in [5.41, 5.74) is 0.272. The van der Waals surface area contributed by atoms with Crippen LogP contribution in [0.3, 0.4) is 0 Å². The van der Waals surface area contributed by atoms with Crippen molar-refractivity contribution in [1.82, 2.24) is 10.3 Å². The highest BCUT2D eigenvalue weighted by Crippen LogP contribution is 2.28. The van der Waals surface area contributed by atoms with Gasteiger partial charge in [-0.3, -0.25) is 10.1 Å². The second-order valence-electron chi connectivity index (χ2n) is 5.39. The zero-order valence-electron chi connectivity index (χ0n) is 12.4. The summed E-state index contributed by atoms with van der Waals surface area (Å²) >= 11 is 1.46. The fraction of sp³-hybridized carbons (Fsp3) is 0.714. The molecule has 0 radical (unpaired) electrons. The van der Waals surface area contributed by atoms with Crippen molar-refractivity contribution < 1.29 is 9.53 Å². The Labute approximate surface area is 124 Å². The van der Waals surface area contributed by atoms with Gasteiger partial charge in [-0.2, -0.15) is 0 Å². The molecule has 0 spiro atoms. The lowest BCUT2D eigenvalue weighted by Gasteiger charge is -2.20. The molecule has 2 rings (SSSR count). The van der Waals surface area contributed by atoms with E-state index in [-0.39, 0.29) is 11.9 Å². The first-order valence-electron chi connectivity index (χ1n) is 7.19. The van der Waals surface area contributed by atoms with Crippen LogP contribution in [0.2, 0.25) is 0 Å². The van der Waals surface area contributed by atoms with Gasteiger partial charge < -0.3 is 10.1 Å². The molecule has 1 saturated heterocycles. The fourth-order valence-corrected chi connectivity index (χ4v) is 2.99. The lowest BCUT2D eigenvalue weighted by atomic mass is 10.0. The summed E-state index contributed by atoms with van der Waals surface area (Å²) in [6.07, 6.45) is 2.80. The molecule has 0 aliphatic carbocycles. The van der Waals surface area contributed by atoms with E-state index in [9.17, 15) is 4.79 Å². The maximum absolute atomic E-state index is 12.2. The Kier molecular flexibility index (Phi) is 5.12. The van der Waals surface area contributed by atoms with Gasteiger partial charge in [0.05, 0.1) is 5.69 Å². The van der Waals surface area contributed by atoms with Gasteiger partial charge in [-0.15, -0.1) is 11.3 Å². The largest absolute Gasteiger partial charge is 0.365 e. The van der Waals surface area contributed by atoms with Gasteiger partial charge in [-0.05, 0) is 39.7 Å². The number of carbonyl (C=O) groups excluding carboxylic acids is 1. The summed E-state index contributed by atoms with van der Waals surface area (Å²) in [5.74, 6) is -0.0925. The number of ether oxygens (including phenoxy) is 1. The predicted octanol–water partition coefficient (Wildman–Crippen LogP) is 2.71. The summed E-state index contributed by atoms with van der Waals surface area (Å²) in [7, 11) is 0. The second-order valence-corrected chi connectivity index (χ2v) is 6.25. The number of hydrogen-bond acceptors (Lipinski definition) is 5. The topological polar surface area (TPSA) is 63.2 Å². The molecule has 20 heavy (non-hydrogen) atoms. The summed E-state index contributed by atoms with van der Waals surface area (Å²) < 4.78 is 5.53. The highest BCUT2D eigenvalue weighted by molar-refractivity contribution is 7.13. The molecule has 1 aliphatic rings. The number of nitrogens with one attached hydrogen (secondary N) is 2. The van der Waals surface area contributed by atoms with Crippen LogP contribution >= 0.6 is 11.3 Å². The molecule has 1 aromatic heterocycles. The van der Waals surface area contributed by atoms with Crippen molar-refractivity contribution in [3.63, 3.8) is 0 Å². The Balaban J connectivity index is 1.94. The molecule has 2 N–H and O–H groups in total. The van der Waals surface area contributed by atoms with E-state index in [1.54, 1.807) is 0 Å². The predicted molar refractivity (Wildman–Crippen MR) is 81.0 cm³/mol. The van der Waals surface area contributed by atoms with Crippen molar-refractivity contribution in [1.29, 1.82) is 0 Å². The van der Waals surface area contributed by atoms with E-state index < -0.39 is 5.60 Å². The lowest BCUT2D eigenvalue weighted by Crippen LogP contribution is -2.39. The molecule has 5 nitrogen and oxygen atoms in total. The van der Waals surface area contributed by atoms with Crippen LogP contribution in [0.5, 0.6) is 0 Å². The van der Waals surface area contributed by atoms with Gasteiger partial charge >= 0.3 is 0 Å². The van der Waals surface area contributed by atoms with E-state index in [1.807, 2.05) is 12.3 Å². The number of carbonyl (C=O) groups is 1. The Morgan fingerprint density at radius 3 is 3.10 bits per heavy atom. The number of rotatable bonds is 6. The molecule has 6 heteroatoms. The lowest BCUT2D eigenvalue weighted by molar-refractivity contribution is -0.133. The molecule has 1 fully saturated rings. The van der Waals surface area contributed by atoms with E-state index in [0.717, 1.165) is 31.5 Å². The monoisotopic (exact) mass is 297 g/mol. The van der Waals surface area contributed by atoms with Crippen molar-refractivity contribution in [3.8, 4) is 0 Å². The van der Waals surface area contributed by atoms with Gasteiger partial charge in [0.2, 0.25) is 0 Å². The second kappa shape index (κ2) is 6.65. The zero-order valence-corrected chi connectivity index (χ0v) is 13.2. The average molecular weight is 297 g/mol. The Morgan fingerprint density at radius 1 is 1.65 bits per heavy atom. The van der Waals surface area contributed by atoms with Gasteiger partial charge in [-0.1, -0.05) is 6.92 Å². The van der Waals surface area contributed by atoms with E-state index in [4.69, 9.17) is 4.74 Å². The standard InChI is InChI=1S/C14H23N3O2S/c1-4-7-15-10(2)11-9-20-13(16-11)17-12(18)14(3)6-5-8-19-14/h9-10,15H,4-8H2,1-3H3,(H,16,17,18). The Hall–Kier alpha value is -0.980. The quantitative estimate of drug-likeness (QED) is 0.847. The average Bonchev–Trinajstić information content (AvgIpc) is 3.06. The smallest absolute Gasteiger partial charge is 0.258 e. The molecule has 0 aromatic carbocycles. The molecule has 0 saturated carbocycles. The van der Waals surface area contributed by atoms with Gasteiger partial charge in [0, 0.05) is 18.0 Å². The van der Waals surface area contributed by atoms with Gasteiger partial charge in [0.1, 0.15) is 5.60 Å². The van der Waals surface area contributed by atoms with Gasteiger partial charge in [-0.25, -0.2) is 4.98 Å². The minimum absolute atomic E-state index is 0.0925.